The molecule has 0 saturated heterocycles. The number of primary sulfonamides is 1. The first kappa shape index (κ1) is 18.1. The van der Waals surface area contributed by atoms with Crippen LogP contribution in [0, 0.1) is 19.7 Å². The lowest BCUT2D eigenvalue weighted by Crippen LogP contribution is -2.16. The molecular weight excluding hydrogens is 331 g/mol. The monoisotopic (exact) mass is 350 g/mol. The average molecular weight is 350 g/mol. The second kappa shape index (κ2) is 7.11. The van der Waals surface area contributed by atoms with Crippen molar-refractivity contribution < 1.29 is 17.6 Å². The maximum absolute atomic E-state index is 12.9. The molecule has 5 nitrogen and oxygen atoms in total. The third-order valence-corrected chi connectivity index (χ3v) is 4.69. The molecule has 0 aliphatic carbocycles. The maximum atomic E-state index is 12.9. The smallest absolute Gasteiger partial charge is 0.238 e. The molecule has 0 saturated carbocycles. The fraction of sp³-hybridized carbons (Fsp3) is 0.235. The van der Waals surface area contributed by atoms with Gasteiger partial charge in [-0.3, -0.25) is 4.79 Å². The van der Waals surface area contributed by atoms with E-state index < -0.39 is 10.0 Å². The van der Waals surface area contributed by atoms with Gasteiger partial charge >= 0.3 is 0 Å². The zero-order valence-corrected chi connectivity index (χ0v) is 14.3. The molecule has 0 aromatic heterocycles. The van der Waals surface area contributed by atoms with Gasteiger partial charge in [-0.1, -0.05) is 12.1 Å². The standard InChI is InChI=1S/C17H19FN2O3S/c1-11-9-15(24(19,22)23)10-16(12(11)2)20-17(21)8-5-13-3-6-14(18)7-4-13/h3-4,6-7,9-10H,5,8H2,1-2H3,(H,20,21)(H2,19,22,23). The van der Waals surface area contributed by atoms with Crippen molar-refractivity contribution in [2.45, 2.75) is 31.6 Å². The van der Waals surface area contributed by atoms with E-state index in [0.717, 1.165) is 16.7 Å². The summed E-state index contributed by atoms with van der Waals surface area (Å²) in [6.07, 6.45) is 0.655. The van der Waals surface area contributed by atoms with E-state index >= 15 is 0 Å². The number of carbonyl (C=O) groups is 1. The number of benzene rings is 2. The molecule has 2 aromatic rings. The summed E-state index contributed by atoms with van der Waals surface area (Å²) < 4.78 is 35.9. The lowest BCUT2D eigenvalue weighted by molar-refractivity contribution is -0.116. The summed E-state index contributed by atoms with van der Waals surface area (Å²) in [5, 5.41) is 7.86. The Morgan fingerprint density at radius 3 is 2.38 bits per heavy atom. The molecule has 2 rings (SSSR count). The third kappa shape index (κ3) is 4.62. The second-order valence-electron chi connectivity index (χ2n) is 5.63. The maximum Gasteiger partial charge on any atom is 0.238 e. The Balaban J connectivity index is 2.11. The van der Waals surface area contributed by atoms with Crippen molar-refractivity contribution >= 4 is 21.6 Å². The van der Waals surface area contributed by atoms with Gasteiger partial charge in [-0.05, 0) is 61.2 Å². The number of nitrogens with one attached hydrogen (secondary N) is 1. The van der Waals surface area contributed by atoms with Crippen molar-refractivity contribution in [3.8, 4) is 0 Å². The summed E-state index contributed by atoms with van der Waals surface area (Å²) in [7, 11) is -3.85. The number of nitrogens with two attached hydrogens (primary N) is 1. The molecule has 128 valence electrons. The van der Waals surface area contributed by atoms with Gasteiger partial charge in [-0.15, -0.1) is 0 Å². The number of hydrogen-bond acceptors (Lipinski definition) is 3. The highest BCUT2D eigenvalue weighted by Crippen LogP contribution is 2.23. The molecule has 0 aliphatic heterocycles. The number of sulfonamides is 1. The highest BCUT2D eigenvalue weighted by atomic mass is 32.2. The Bertz CT molecular complexity index is 862. The SMILES string of the molecule is Cc1cc(S(N)(=O)=O)cc(NC(=O)CCc2ccc(F)cc2)c1C. The number of aryl methyl sites for hydroxylation is 2. The van der Waals surface area contributed by atoms with Crippen LogP contribution in [0.25, 0.3) is 0 Å². The van der Waals surface area contributed by atoms with Gasteiger partial charge in [0.25, 0.3) is 0 Å². The normalized spacial score (nSPS) is 11.3. The summed E-state index contributed by atoms with van der Waals surface area (Å²) in [6, 6.07) is 8.76. The second-order valence-corrected chi connectivity index (χ2v) is 7.19. The van der Waals surface area contributed by atoms with Gasteiger partial charge in [0.05, 0.1) is 4.90 Å². The summed E-state index contributed by atoms with van der Waals surface area (Å²) >= 11 is 0. The minimum Gasteiger partial charge on any atom is -0.326 e. The van der Waals surface area contributed by atoms with Gasteiger partial charge in [-0.25, -0.2) is 17.9 Å². The van der Waals surface area contributed by atoms with Crippen molar-refractivity contribution in [2.24, 2.45) is 5.14 Å². The van der Waals surface area contributed by atoms with Crippen LogP contribution in [-0.2, 0) is 21.2 Å². The highest BCUT2D eigenvalue weighted by Gasteiger charge is 2.14. The van der Waals surface area contributed by atoms with E-state index in [4.69, 9.17) is 5.14 Å². The molecule has 7 heteroatoms. The summed E-state index contributed by atoms with van der Waals surface area (Å²) in [5.41, 5.74) is 2.76. The van der Waals surface area contributed by atoms with Gasteiger partial charge in [0.2, 0.25) is 15.9 Å². The molecule has 2 aromatic carbocycles. The van der Waals surface area contributed by atoms with Crippen LogP contribution >= 0.6 is 0 Å². The first-order valence-electron chi connectivity index (χ1n) is 7.35. The van der Waals surface area contributed by atoms with E-state index in [9.17, 15) is 17.6 Å². The zero-order chi connectivity index (χ0) is 17.9. The summed E-state index contributed by atoms with van der Waals surface area (Å²) in [4.78, 5) is 12.1. The fourth-order valence-corrected chi connectivity index (χ4v) is 2.87. The van der Waals surface area contributed by atoms with Crippen molar-refractivity contribution in [2.75, 3.05) is 5.32 Å². The van der Waals surface area contributed by atoms with Gasteiger partial charge in [-0.2, -0.15) is 0 Å². The minimum atomic E-state index is -3.85. The molecule has 3 N–H and O–H groups in total. The molecular formula is C17H19FN2O3S. The van der Waals surface area contributed by atoms with E-state index in [-0.39, 0.29) is 23.0 Å². The highest BCUT2D eigenvalue weighted by molar-refractivity contribution is 7.89. The summed E-state index contributed by atoms with van der Waals surface area (Å²) in [5.74, 6) is -0.581. The van der Waals surface area contributed by atoms with E-state index in [2.05, 4.69) is 5.32 Å². The molecule has 0 fully saturated rings. The molecule has 0 radical (unpaired) electrons. The predicted molar refractivity (Wildman–Crippen MR) is 90.6 cm³/mol. The fourth-order valence-electron chi connectivity index (χ4n) is 2.24. The molecule has 0 spiro atoms. The lowest BCUT2D eigenvalue weighted by atomic mass is 10.1. The van der Waals surface area contributed by atoms with Crippen molar-refractivity contribution in [1.82, 2.24) is 0 Å². The number of anilines is 1. The number of halogens is 1. The zero-order valence-electron chi connectivity index (χ0n) is 13.5. The van der Waals surface area contributed by atoms with E-state index in [0.29, 0.717) is 12.1 Å². The van der Waals surface area contributed by atoms with Crippen LogP contribution in [0.1, 0.15) is 23.1 Å². The van der Waals surface area contributed by atoms with Crippen molar-refractivity contribution in [3.63, 3.8) is 0 Å². The Morgan fingerprint density at radius 1 is 1.17 bits per heavy atom. The third-order valence-electron chi connectivity index (χ3n) is 3.80. The van der Waals surface area contributed by atoms with E-state index in [1.54, 1.807) is 26.0 Å². The first-order valence-corrected chi connectivity index (χ1v) is 8.90. The molecule has 0 bridgehead atoms. The Labute approximate surface area is 140 Å². The van der Waals surface area contributed by atoms with Crippen LogP contribution in [0.5, 0.6) is 0 Å². The average Bonchev–Trinajstić information content (AvgIpc) is 2.50. The number of hydrogen-bond donors (Lipinski definition) is 2. The number of amides is 1. The molecule has 0 atom stereocenters. The van der Waals surface area contributed by atoms with Gasteiger partial charge in [0.1, 0.15) is 5.82 Å². The number of rotatable bonds is 5. The van der Waals surface area contributed by atoms with Gasteiger partial charge < -0.3 is 5.32 Å². The van der Waals surface area contributed by atoms with Crippen molar-refractivity contribution in [3.05, 3.63) is 58.9 Å². The Kier molecular flexibility index (Phi) is 5.36. The largest absolute Gasteiger partial charge is 0.326 e. The minimum absolute atomic E-state index is 0.0422. The van der Waals surface area contributed by atoms with Gasteiger partial charge in [0, 0.05) is 12.1 Å². The first-order chi connectivity index (χ1) is 11.2. The molecule has 0 heterocycles. The van der Waals surface area contributed by atoms with E-state index in [1.807, 2.05) is 0 Å². The molecule has 24 heavy (non-hydrogen) atoms. The molecule has 0 unspecified atom stereocenters. The molecule has 0 aliphatic rings. The van der Waals surface area contributed by atoms with Crippen LogP contribution in [-0.4, -0.2) is 14.3 Å². The lowest BCUT2D eigenvalue weighted by Gasteiger charge is -2.12. The van der Waals surface area contributed by atoms with Crippen LogP contribution in [0.15, 0.2) is 41.3 Å². The van der Waals surface area contributed by atoms with Crippen LogP contribution in [0.4, 0.5) is 10.1 Å². The topological polar surface area (TPSA) is 89.3 Å². The Morgan fingerprint density at radius 2 is 1.79 bits per heavy atom. The van der Waals surface area contributed by atoms with Gasteiger partial charge in [0.15, 0.2) is 0 Å². The summed E-state index contributed by atoms with van der Waals surface area (Å²) in [6.45, 7) is 3.54. The van der Waals surface area contributed by atoms with Crippen molar-refractivity contribution in [1.29, 1.82) is 0 Å². The Hall–Kier alpha value is -2.25. The number of carbonyl (C=O) groups excluding carboxylic acids is 1. The van der Waals surface area contributed by atoms with E-state index in [1.165, 1.54) is 24.3 Å². The van der Waals surface area contributed by atoms with Crippen LogP contribution < -0.4 is 10.5 Å². The molecule has 1 amide bonds. The van der Waals surface area contributed by atoms with Crippen LogP contribution in [0.3, 0.4) is 0 Å². The quantitative estimate of drug-likeness (QED) is 0.869. The van der Waals surface area contributed by atoms with Crippen LogP contribution in [0.2, 0.25) is 0 Å². The predicted octanol–water partition coefficient (Wildman–Crippen LogP) is 2.66.